The van der Waals surface area contributed by atoms with Crippen LogP contribution in [0.2, 0.25) is 0 Å². The zero-order chi connectivity index (χ0) is 14.1. The van der Waals surface area contributed by atoms with Crippen molar-refractivity contribution in [3.8, 4) is 5.75 Å². The standard InChI is InChI=1S/C15H20O4/c1-3-4-5-6-14(15(16)17)19-11-12-7-9-13(18-2)10-8-12/h3,7-10,14H,1,4-6,11H2,2H3,(H,16,17)/t14-/m0/s1. The monoisotopic (exact) mass is 264 g/mol. The highest BCUT2D eigenvalue weighted by molar-refractivity contribution is 5.72. The molecule has 0 aliphatic rings. The maximum atomic E-state index is 11.0. The number of benzene rings is 1. The van der Waals surface area contributed by atoms with Gasteiger partial charge in [0.05, 0.1) is 13.7 Å². The van der Waals surface area contributed by atoms with Crippen LogP contribution in [0.1, 0.15) is 24.8 Å². The van der Waals surface area contributed by atoms with Gasteiger partial charge in [0.2, 0.25) is 0 Å². The molecule has 1 aromatic rings. The molecular formula is C15H20O4. The van der Waals surface area contributed by atoms with Crippen LogP contribution in [0.15, 0.2) is 36.9 Å². The van der Waals surface area contributed by atoms with Crippen molar-refractivity contribution < 1.29 is 19.4 Å². The largest absolute Gasteiger partial charge is 0.497 e. The molecule has 0 spiro atoms. The molecule has 104 valence electrons. The van der Waals surface area contributed by atoms with Gasteiger partial charge in [0.1, 0.15) is 5.75 Å². The molecule has 0 radical (unpaired) electrons. The van der Waals surface area contributed by atoms with E-state index in [9.17, 15) is 4.79 Å². The average Bonchev–Trinajstić information content (AvgIpc) is 2.43. The van der Waals surface area contributed by atoms with Gasteiger partial charge < -0.3 is 14.6 Å². The van der Waals surface area contributed by atoms with Crippen molar-refractivity contribution in [1.29, 1.82) is 0 Å². The Morgan fingerprint density at radius 2 is 2.11 bits per heavy atom. The van der Waals surface area contributed by atoms with Crippen molar-refractivity contribution in [2.24, 2.45) is 0 Å². The van der Waals surface area contributed by atoms with Gasteiger partial charge in [-0.2, -0.15) is 0 Å². The minimum Gasteiger partial charge on any atom is -0.497 e. The van der Waals surface area contributed by atoms with Crippen LogP contribution < -0.4 is 4.74 Å². The van der Waals surface area contributed by atoms with Gasteiger partial charge in [0, 0.05) is 0 Å². The van der Waals surface area contributed by atoms with Crippen molar-refractivity contribution in [3.63, 3.8) is 0 Å². The number of allylic oxidation sites excluding steroid dienone is 1. The van der Waals surface area contributed by atoms with E-state index in [0.29, 0.717) is 6.42 Å². The molecule has 1 aromatic carbocycles. The highest BCUT2D eigenvalue weighted by atomic mass is 16.5. The van der Waals surface area contributed by atoms with Crippen LogP contribution in [0.3, 0.4) is 0 Å². The summed E-state index contributed by atoms with van der Waals surface area (Å²) in [6.45, 7) is 3.90. The molecule has 0 unspecified atom stereocenters. The van der Waals surface area contributed by atoms with Gasteiger partial charge in [-0.05, 0) is 37.0 Å². The van der Waals surface area contributed by atoms with Crippen LogP contribution in [-0.2, 0) is 16.1 Å². The summed E-state index contributed by atoms with van der Waals surface area (Å²) in [7, 11) is 1.60. The Morgan fingerprint density at radius 1 is 1.42 bits per heavy atom. The second-order valence-corrected chi connectivity index (χ2v) is 4.21. The van der Waals surface area contributed by atoms with Gasteiger partial charge in [-0.3, -0.25) is 0 Å². The summed E-state index contributed by atoms with van der Waals surface area (Å²) < 4.78 is 10.5. The number of unbranched alkanes of at least 4 members (excludes halogenated alkanes) is 1. The first-order chi connectivity index (χ1) is 9.17. The first-order valence-electron chi connectivity index (χ1n) is 6.25. The maximum Gasteiger partial charge on any atom is 0.332 e. The Hall–Kier alpha value is -1.81. The molecule has 0 saturated carbocycles. The fraction of sp³-hybridized carbons (Fsp3) is 0.400. The van der Waals surface area contributed by atoms with Gasteiger partial charge in [-0.25, -0.2) is 4.79 Å². The number of rotatable bonds is 9. The van der Waals surface area contributed by atoms with Crippen LogP contribution in [-0.4, -0.2) is 24.3 Å². The summed E-state index contributed by atoms with van der Waals surface area (Å²) in [6, 6.07) is 7.38. The number of carboxylic acids is 1. The topological polar surface area (TPSA) is 55.8 Å². The van der Waals surface area contributed by atoms with E-state index in [1.165, 1.54) is 0 Å². The van der Waals surface area contributed by atoms with Gasteiger partial charge in [0.15, 0.2) is 6.10 Å². The third kappa shape index (κ3) is 5.57. The number of ether oxygens (including phenoxy) is 2. The molecule has 0 saturated heterocycles. The Kier molecular flexibility index (Phi) is 6.68. The predicted molar refractivity (Wildman–Crippen MR) is 73.3 cm³/mol. The van der Waals surface area contributed by atoms with E-state index < -0.39 is 12.1 Å². The van der Waals surface area contributed by atoms with Gasteiger partial charge in [-0.1, -0.05) is 18.2 Å². The quantitative estimate of drug-likeness (QED) is 0.550. The summed E-state index contributed by atoms with van der Waals surface area (Å²) >= 11 is 0. The number of hydrogen-bond donors (Lipinski definition) is 1. The normalized spacial score (nSPS) is 11.8. The number of carboxylic acid groups (broad SMARTS) is 1. The Morgan fingerprint density at radius 3 is 2.63 bits per heavy atom. The maximum absolute atomic E-state index is 11.0. The van der Waals surface area contributed by atoms with Crippen molar-refractivity contribution >= 4 is 5.97 Å². The van der Waals surface area contributed by atoms with E-state index in [0.717, 1.165) is 24.2 Å². The Balaban J connectivity index is 2.45. The molecule has 0 bridgehead atoms. The lowest BCUT2D eigenvalue weighted by Gasteiger charge is -2.13. The molecule has 4 nitrogen and oxygen atoms in total. The highest BCUT2D eigenvalue weighted by Gasteiger charge is 2.17. The minimum atomic E-state index is -0.919. The highest BCUT2D eigenvalue weighted by Crippen LogP contribution is 2.14. The fourth-order valence-corrected chi connectivity index (χ4v) is 1.64. The molecule has 0 aromatic heterocycles. The van der Waals surface area contributed by atoms with Crippen molar-refractivity contribution in [2.75, 3.05) is 7.11 Å². The second-order valence-electron chi connectivity index (χ2n) is 4.21. The zero-order valence-electron chi connectivity index (χ0n) is 11.2. The molecule has 0 aliphatic carbocycles. The lowest BCUT2D eigenvalue weighted by molar-refractivity contribution is -0.151. The third-order valence-electron chi connectivity index (χ3n) is 2.76. The number of carbonyl (C=O) groups is 1. The summed E-state index contributed by atoms with van der Waals surface area (Å²) in [5.41, 5.74) is 0.927. The fourth-order valence-electron chi connectivity index (χ4n) is 1.64. The SMILES string of the molecule is C=CCCC[C@H](OCc1ccc(OC)cc1)C(=O)O. The van der Waals surface area contributed by atoms with Gasteiger partial charge in [-0.15, -0.1) is 6.58 Å². The summed E-state index contributed by atoms with van der Waals surface area (Å²) in [4.78, 5) is 11.0. The molecule has 1 N–H and O–H groups in total. The number of hydrogen-bond acceptors (Lipinski definition) is 3. The van der Waals surface area contributed by atoms with E-state index in [4.69, 9.17) is 14.6 Å². The van der Waals surface area contributed by atoms with E-state index in [1.807, 2.05) is 24.3 Å². The first-order valence-corrected chi connectivity index (χ1v) is 6.25. The summed E-state index contributed by atoms with van der Waals surface area (Å²) in [5, 5.41) is 9.06. The van der Waals surface area contributed by atoms with Crippen molar-refractivity contribution in [1.82, 2.24) is 0 Å². The number of aliphatic carboxylic acids is 1. The van der Waals surface area contributed by atoms with Crippen molar-refractivity contribution in [3.05, 3.63) is 42.5 Å². The van der Waals surface area contributed by atoms with E-state index in [1.54, 1.807) is 13.2 Å². The second kappa shape index (κ2) is 8.32. The minimum absolute atomic E-state index is 0.287. The van der Waals surface area contributed by atoms with Crippen molar-refractivity contribution in [2.45, 2.75) is 32.0 Å². The molecule has 0 fully saturated rings. The third-order valence-corrected chi connectivity index (χ3v) is 2.76. The molecule has 19 heavy (non-hydrogen) atoms. The van der Waals surface area contributed by atoms with E-state index in [-0.39, 0.29) is 6.61 Å². The van der Waals surface area contributed by atoms with Crippen LogP contribution in [0.4, 0.5) is 0 Å². The van der Waals surface area contributed by atoms with E-state index in [2.05, 4.69) is 6.58 Å². The smallest absolute Gasteiger partial charge is 0.332 e. The molecule has 0 aliphatic heterocycles. The van der Waals surface area contributed by atoms with E-state index >= 15 is 0 Å². The number of methoxy groups -OCH3 is 1. The predicted octanol–water partition coefficient (Wildman–Crippen LogP) is 3.02. The lowest BCUT2D eigenvalue weighted by atomic mass is 10.1. The van der Waals surface area contributed by atoms with Crippen LogP contribution in [0.5, 0.6) is 5.75 Å². The molecular weight excluding hydrogens is 244 g/mol. The van der Waals surface area contributed by atoms with Gasteiger partial charge in [0.25, 0.3) is 0 Å². The lowest BCUT2D eigenvalue weighted by Crippen LogP contribution is -2.23. The molecule has 0 amide bonds. The molecule has 0 heterocycles. The summed E-state index contributed by atoms with van der Waals surface area (Å²) in [6.07, 6.45) is 3.08. The Bertz CT molecular complexity index is 397. The zero-order valence-corrected chi connectivity index (χ0v) is 11.2. The van der Waals surface area contributed by atoms with Crippen LogP contribution in [0.25, 0.3) is 0 Å². The molecule has 4 heteroatoms. The summed E-state index contributed by atoms with van der Waals surface area (Å²) in [5.74, 6) is -0.151. The Labute approximate surface area is 113 Å². The average molecular weight is 264 g/mol. The van der Waals surface area contributed by atoms with Crippen LogP contribution in [0, 0.1) is 0 Å². The first kappa shape index (κ1) is 15.2. The van der Waals surface area contributed by atoms with Gasteiger partial charge >= 0.3 is 5.97 Å². The molecule has 1 rings (SSSR count). The van der Waals surface area contributed by atoms with Crippen LogP contribution >= 0.6 is 0 Å². The molecule has 1 atom stereocenters.